The van der Waals surface area contributed by atoms with Gasteiger partial charge in [0.1, 0.15) is 0 Å². The van der Waals surface area contributed by atoms with Gasteiger partial charge in [0.25, 0.3) is 5.91 Å². The van der Waals surface area contributed by atoms with E-state index >= 15 is 0 Å². The Bertz CT molecular complexity index is 645. The summed E-state index contributed by atoms with van der Waals surface area (Å²) in [5, 5.41) is 7.94. The van der Waals surface area contributed by atoms with E-state index in [1.807, 2.05) is 26.0 Å². The Hall–Kier alpha value is -1.56. The van der Waals surface area contributed by atoms with Gasteiger partial charge >= 0.3 is 0 Å². The zero-order valence-corrected chi connectivity index (χ0v) is 14.8. The maximum absolute atomic E-state index is 12.4. The van der Waals surface area contributed by atoms with Crippen LogP contribution in [0.25, 0.3) is 5.69 Å². The Balaban J connectivity index is 0.00000264. The number of hydrogen-bond donors (Lipinski definition) is 2. The molecule has 3 N–H and O–H groups in total. The SMILES string of the molecule is CCC(CC)(CN)NC(=O)c1ccn(-c2cccc(Cl)c2)n1.Cl. The van der Waals surface area contributed by atoms with Crippen molar-refractivity contribution in [2.24, 2.45) is 5.73 Å². The van der Waals surface area contributed by atoms with E-state index in [0.717, 1.165) is 18.5 Å². The number of nitrogens with zero attached hydrogens (tertiary/aromatic N) is 2. The molecule has 0 aliphatic heterocycles. The summed E-state index contributed by atoms with van der Waals surface area (Å²) in [4.78, 5) is 12.4. The largest absolute Gasteiger partial charge is 0.344 e. The van der Waals surface area contributed by atoms with Crippen molar-refractivity contribution in [3.8, 4) is 5.69 Å². The average Bonchev–Trinajstić information content (AvgIpc) is 3.03. The first-order chi connectivity index (χ1) is 10.5. The molecule has 1 amide bonds. The summed E-state index contributed by atoms with van der Waals surface area (Å²) in [5.41, 5.74) is 6.60. The predicted molar refractivity (Wildman–Crippen MR) is 95.7 cm³/mol. The molecule has 1 aromatic heterocycles. The molecule has 0 bridgehead atoms. The number of nitrogens with two attached hydrogens (primary N) is 1. The van der Waals surface area contributed by atoms with Gasteiger partial charge in [-0.1, -0.05) is 31.5 Å². The lowest BCUT2D eigenvalue weighted by atomic mass is 9.93. The number of rotatable bonds is 6. The maximum Gasteiger partial charge on any atom is 0.272 e. The number of hydrogen-bond acceptors (Lipinski definition) is 3. The average molecular weight is 357 g/mol. The first-order valence-electron chi connectivity index (χ1n) is 7.38. The van der Waals surface area contributed by atoms with Crippen LogP contribution in [-0.2, 0) is 0 Å². The van der Waals surface area contributed by atoms with Crippen molar-refractivity contribution in [2.45, 2.75) is 32.2 Å². The molecule has 126 valence electrons. The molecule has 2 aromatic rings. The van der Waals surface area contributed by atoms with Crippen molar-refractivity contribution in [3.05, 3.63) is 47.2 Å². The third-order valence-electron chi connectivity index (χ3n) is 4.02. The summed E-state index contributed by atoms with van der Waals surface area (Å²) in [6, 6.07) is 8.98. The molecule has 1 heterocycles. The molecule has 0 saturated heterocycles. The lowest BCUT2D eigenvalue weighted by Crippen LogP contribution is -2.53. The van der Waals surface area contributed by atoms with Crippen LogP contribution in [0.1, 0.15) is 37.2 Å². The molecule has 0 fully saturated rings. The monoisotopic (exact) mass is 356 g/mol. The van der Waals surface area contributed by atoms with E-state index < -0.39 is 0 Å². The van der Waals surface area contributed by atoms with Crippen LogP contribution in [0.15, 0.2) is 36.5 Å². The third kappa shape index (κ3) is 4.47. The van der Waals surface area contributed by atoms with Crippen molar-refractivity contribution in [1.29, 1.82) is 0 Å². The van der Waals surface area contributed by atoms with Gasteiger partial charge in [-0.05, 0) is 37.1 Å². The Morgan fingerprint density at radius 3 is 2.61 bits per heavy atom. The molecule has 1 aromatic carbocycles. The minimum absolute atomic E-state index is 0. The van der Waals surface area contributed by atoms with E-state index in [1.54, 1.807) is 29.1 Å². The maximum atomic E-state index is 12.4. The van der Waals surface area contributed by atoms with Gasteiger partial charge in [-0.3, -0.25) is 4.79 Å². The van der Waals surface area contributed by atoms with Crippen molar-refractivity contribution >= 4 is 29.9 Å². The summed E-state index contributed by atoms with van der Waals surface area (Å²) in [7, 11) is 0. The zero-order chi connectivity index (χ0) is 16.2. The summed E-state index contributed by atoms with van der Waals surface area (Å²) < 4.78 is 1.63. The van der Waals surface area contributed by atoms with Gasteiger partial charge < -0.3 is 11.1 Å². The highest BCUT2D eigenvalue weighted by atomic mass is 35.5. The van der Waals surface area contributed by atoms with Crippen molar-refractivity contribution in [3.63, 3.8) is 0 Å². The van der Waals surface area contributed by atoms with Gasteiger partial charge in [0, 0.05) is 17.8 Å². The van der Waals surface area contributed by atoms with E-state index in [4.69, 9.17) is 17.3 Å². The second-order valence-corrected chi connectivity index (χ2v) is 5.71. The molecule has 5 nitrogen and oxygen atoms in total. The van der Waals surface area contributed by atoms with Crippen LogP contribution in [0.4, 0.5) is 0 Å². The standard InChI is InChI=1S/C16H21ClN4O.ClH/c1-3-16(4-2,11-18)19-15(22)14-8-9-21(20-14)13-7-5-6-12(17)10-13;/h5-10H,3-4,11,18H2,1-2H3,(H,19,22);1H. The van der Waals surface area contributed by atoms with Gasteiger partial charge in [0.15, 0.2) is 5.69 Å². The van der Waals surface area contributed by atoms with Crippen LogP contribution in [0, 0.1) is 0 Å². The lowest BCUT2D eigenvalue weighted by Gasteiger charge is -2.31. The Morgan fingerprint density at radius 1 is 1.35 bits per heavy atom. The van der Waals surface area contributed by atoms with Gasteiger partial charge in [-0.2, -0.15) is 5.10 Å². The lowest BCUT2D eigenvalue weighted by molar-refractivity contribution is 0.0889. The summed E-state index contributed by atoms with van der Waals surface area (Å²) in [6.07, 6.45) is 3.30. The van der Waals surface area contributed by atoms with Crippen LogP contribution in [-0.4, -0.2) is 27.8 Å². The molecule has 0 atom stereocenters. The molecular formula is C16H22Cl2N4O. The fourth-order valence-corrected chi connectivity index (χ4v) is 2.46. The second-order valence-electron chi connectivity index (χ2n) is 5.27. The van der Waals surface area contributed by atoms with E-state index in [-0.39, 0.29) is 23.9 Å². The van der Waals surface area contributed by atoms with E-state index in [0.29, 0.717) is 17.3 Å². The van der Waals surface area contributed by atoms with E-state index in [1.165, 1.54) is 0 Å². The zero-order valence-electron chi connectivity index (χ0n) is 13.3. The summed E-state index contributed by atoms with van der Waals surface area (Å²) in [6.45, 7) is 4.43. The smallest absolute Gasteiger partial charge is 0.272 e. The molecule has 0 aliphatic carbocycles. The highest BCUT2D eigenvalue weighted by Gasteiger charge is 2.27. The number of benzene rings is 1. The van der Waals surface area contributed by atoms with Crippen LogP contribution in [0.3, 0.4) is 0 Å². The minimum atomic E-state index is -0.378. The van der Waals surface area contributed by atoms with Crippen LogP contribution in [0.5, 0.6) is 0 Å². The molecular weight excluding hydrogens is 335 g/mol. The minimum Gasteiger partial charge on any atom is -0.344 e. The van der Waals surface area contributed by atoms with Gasteiger partial charge in [-0.15, -0.1) is 12.4 Å². The molecule has 2 rings (SSSR count). The Morgan fingerprint density at radius 2 is 2.04 bits per heavy atom. The van der Waals surface area contributed by atoms with Gasteiger partial charge in [-0.25, -0.2) is 4.68 Å². The topological polar surface area (TPSA) is 72.9 Å². The normalized spacial score (nSPS) is 11.0. The first-order valence-corrected chi connectivity index (χ1v) is 7.75. The van der Waals surface area contributed by atoms with Crippen molar-refractivity contribution in [1.82, 2.24) is 15.1 Å². The third-order valence-corrected chi connectivity index (χ3v) is 4.25. The Labute approximate surface area is 147 Å². The number of nitrogens with one attached hydrogen (secondary N) is 1. The number of amides is 1. The van der Waals surface area contributed by atoms with Gasteiger partial charge in [0.2, 0.25) is 0 Å². The van der Waals surface area contributed by atoms with Crippen molar-refractivity contribution in [2.75, 3.05) is 6.54 Å². The van der Waals surface area contributed by atoms with Crippen LogP contribution in [0.2, 0.25) is 5.02 Å². The first kappa shape index (κ1) is 19.5. The number of halogens is 2. The van der Waals surface area contributed by atoms with Crippen molar-refractivity contribution < 1.29 is 4.79 Å². The molecule has 7 heteroatoms. The summed E-state index contributed by atoms with van der Waals surface area (Å²) >= 11 is 5.97. The highest BCUT2D eigenvalue weighted by Crippen LogP contribution is 2.16. The molecule has 0 radical (unpaired) electrons. The van der Waals surface area contributed by atoms with Gasteiger partial charge in [0.05, 0.1) is 11.2 Å². The second kappa shape index (κ2) is 8.34. The molecule has 0 spiro atoms. The van der Waals surface area contributed by atoms with E-state index in [2.05, 4.69) is 10.4 Å². The van der Waals surface area contributed by atoms with Crippen LogP contribution < -0.4 is 11.1 Å². The molecule has 0 saturated carbocycles. The highest BCUT2D eigenvalue weighted by molar-refractivity contribution is 6.30. The Kier molecular flexibility index (Phi) is 7.06. The fraction of sp³-hybridized carbons (Fsp3) is 0.375. The van der Waals surface area contributed by atoms with E-state index in [9.17, 15) is 4.79 Å². The molecule has 23 heavy (non-hydrogen) atoms. The summed E-state index contributed by atoms with van der Waals surface area (Å²) in [5.74, 6) is -0.213. The van der Waals surface area contributed by atoms with Crippen LogP contribution >= 0.6 is 24.0 Å². The fourth-order valence-electron chi connectivity index (χ4n) is 2.28. The quantitative estimate of drug-likeness (QED) is 0.834. The number of carbonyl (C=O) groups excluding carboxylic acids is 1. The molecule has 0 unspecified atom stereocenters. The predicted octanol–water partition coefficient (Wildman–Crippen LogP) is 3.19. The molecule has 0 aliphatic rings. The number of aromatic nitrogens is 2. The number of carbonyl (C=O) groups is 1.